The van der Waals surface area contributed by atoms with Gasteiger partial charge in [-0.2, -0.15) is 0 Å². The highest BCUT2D eigenvalue weighted by Gasteiger charge is 2.18. The summed E-state index contributed by atoms with van der Waals surface area (Å²) in [5.41, 5.74) is 0. The van der Waals surface area contributed by atoms with E-state index in [0.717, 1.165) is 51.4 Å². The van der Waals surface area contributed by atoms with Crippen molar-refractivity contribution in [2.75, 3.05) is 13.2 Å². The minimum atomic E-state index is -0.849. The Bertz CT molecular complexity index is 1150. The molecule has 0 fully saturated rings. The Labute approximate surface area is 443 Å². The largest absolute Gasteiger partial charge is 0.466 e. The molecule has 0 aromatic carbocycles. The molecule has 2 atom stereocenters. The fraction of sp³-hybridized carbons (Fsp3) is 0.877. The Morgan fingerprint density at radius 2 is 0.662 bits per heavy atom. The van der Waals surface area contributed by atoms with E-state index in [2.05, 4.69) is 43.5 Å². The van der Waals surface area contributed by atoms with Crippen LogP contribution in [0.5, 0.6) is 0 Å². The minimum absolute atomic E-state index is 0.00249. The lowest BCUT2D eigenvalue weighted by Gasteiger charge is -2.20. The number of hydrogen-bond donors (Lipinski definition) is 3. The molecule has 6 heteroatoms. The second-order valence-electron chi connectivity index (χ2n) is 21.7. The highest BCUT2D eigenvalue weighted by molar-refractivity contribution is 5.76. The zero-order chi connectivity index (χ0) is 51.4. The van der Waals surface area contributed by atoms with Crippen LogP contribution in [0.3, 0.4) is 0 Å². The van der Waals surface area contributed by atoms with Gasteiger partial charge in [-0.25, -0.2) is 0 Å². The number of amides is 1. The third kappa shape index (κ3) is 57.2. The molecule has 3 N–H and O–H groups in total. The predicted molar refractivity (Wildman–Crippen MR) is 310 cm³/mol. The Morgan fingerprint density at radius 1 is 0.380 bits per heavy atom. The maximum Gasteiger partial charge on any atom is 0.305 e. The number of aliphatic hydroxyl groups is 2. The molecule has 1 amide bonds. The Balaban J connectivity index is 3.44. The SMILES string of the molecule is CCCCCCC/C=C\CCCCCCCC(=O)OCCCCCCCCCCCCCC/C=C\CCCCCCCCCC(=O)NC(CO)C(O)/C=C/CCCCCCCCCCCCCCCCC. The monoisotopic (exact) mass is 998 g/mol. The van der Waals surface area contributed by atoms with Gasteiger partial charge in [-0.3, -0.25) is 9.59 Å². The van der Waals surface area contributed by atoms with Crippen LogP contribution in [0.25, 0.3) is 0 Å². The number of unbranched alkanes of at least 4 members (excludes halogenated alkanes) is 44. The van der Waals surface area contributed by atoms with E-state index in [-0.39, 0.29) is 18.5 Å². The summed E-state index contributed by atoms with van der Waals surface area (Å²) in [6, 6.07) is -0.633. The summed E-state index contributed by atoms with van der Waals surface area (Å²) >= 11 is 0. The Hall–Kier alpha value is -1.92. The maximum absolute atomic E-state index is 12.5. The molecule has 0 saturated heterocycles. The van der Waals surface area contributed by atoms with E-state index < -0.39 is 12.1 Å². The summed E-state index contributed by atoms with van der Waals surface area (Å²) in [5.74, 6) is -0.0701. The molecule has 0 aromatic rings. The maximum atomic E-state index is 12.5. The normalized spacial score (nSPS) is 12.8. The van der Waals surface area contributed by atoms with Gasteiger partial charge in [0.25, 0.3) is 0 Å². The number of aliphatic hydroxyl groups excluding tert-OH is 2. The van der Waals surface area contributed by atoms with Crippen LogP contribution in [0.15, 0.2) is 36.5 Å². The number of allylic oxidation sites excluding steroid dienone is 5. The number of hydrogen-bond acceptors (Lipinski definition) is 5. The van der Waals surface area contributed by atoms with E-state index in [1.807, 2.05) is 6.08 Å². The highest BCUT2D eigenvalue weighted by Crippen LogP contribution is 2.17. The molecular formula is C65H123NO5. The van der Waals surface area contributed by atoms with Crippen molar-refractivity contribution in [1.82, 2.24) is 5.32 Å². The number of esters is 1. The fourth-order valence-electron chi connectivity index (χ4n) is 9.74. The summed E-state index contributed by atoms with van der Waals surface area (Å²) in [7, 11) is 0. The molecular weight excluding hydrogens is 875 g/mol. The molecule has 0 aliphatic carbocycles. The first-order chi connectivity index (χ1) is 35.0. The van der Waals surface area contributed by atoms with Crippen molar-refractivity contribution >= 4 is 11.9 Å². The van der Waals surface area contributed by atoms with Crippen molar-refractivity contribution in [3.05, 3.63) is 36.5 Å². The Morgan fingerprint density at radius 3 is 1.00 bits per heavy atom. The molecule has 2 unspecified atom stereocenters. The van der Waals surface area contributed by atoms with Gasteiger partial charge in [0.2, 0.25) is 5.91 Å². The lowest BCUT2D eigenvalue weighted by molar-refractivity contribution is -0.143. The van der Waals surface area contributed by atoms with Crippen LogP contribution in [0, 0.1) is 0 Å². The zero-order valence-corrected chi connectivity index (χ0v) is 47.7. The summed E-state index contributed by atoms with van der Waals surface area (Å²) in [4.78, 5) is 24.5. The van der Waals surface area contributed by atoms with Gasteiger partial charge >= 0.3 is 5.97 Å². The third-order valence-electron chi connectivity index (χ3n) is 14.6. The molecule has 0 heterocycles. The summed E-state index contributed by atoms with van der Waals surface area (Å²) in [6.07, 6.45) is 76.1. The molecule has 0 aliphatic rings. The molecule has 0 rings (SSSR count). The van der Waals surface area contributed by atoms with Crippen LogP contribution in [0.1, 0.15) is 341 Å². The van der Waals surface area contributed by atoms with Crippen LogP contribution in [0.2, 0.25) is 0 Å². The molecule has 0 radical (unpaired) electrons. The lowest BCUT2D eigenvalue weighted by atomic mass is 10.0. The second kappa shape index (κ2) is 60.6. The van der Waals surface area contributed by atoms with E-state index in [1.165, 1.54) is 263 Å². The van der Waals surface area contributed by atoms with Crippen LogP contribution in [0.4, 0.5) is 0 Å². The van der Waals surface area contributed by atoms with E-state index in [4.69, 9.17) is 4.74 Å². The standard InChI is InChI=1S/C65H123NO5/c1-3-5-7-9-11-13-15-17-19-27-30-33-37-41-45-49-53-57-63(68)62(61-67)66-64(69)58-54-50-46-42-38-34-31-28-25-23-21-20-22-24-26-29-32-36-40-44-48-52-56-60-71-65(70)59-55-51-47-43-39-35-18-16-14-12-10-8-6-4-2/h16,18,23,25,53,57,62-63,67-68H,3-15,17,19-22,24,26-52,54-56,58-61H2,1-2H3,(H,66,69)/b18-16-,25-23-,57-53+. The van der Waals surface area contributed by atoms with Crippen molar-refractivity contribution in [3.63, 3.8) is 0 Å². The van der Waals surface area contributed by atoms with E-state index in [0.29, 0.717) is 19.4 Å². The summed E-state index contributed by atoms with van der Waals surface area (Å²) < 4.78 is 5.48. The molecule has 0 aliphatic heterocycles. The van der Waals surface area contributed by atoms with Gasteiger partial charge < -0.3 is 20.3 Å². The smallest absolute Gasteiger partial charge is 0.305 e. The highest BCUT2D eigenvalue weighted by atomic mass is 16.5. The summed E-state index contributed by atoms with van der Waals surface area (Å²) in [5, 5.41) is 23.2. The first kappa shape index (κ1) is 69.1. The second-order valence-corrected chi connectivity index (χ2v) is 21.7. The van der Waals surface area contributed by atoms with Gasteiger partial charge in [0.1, 0.15) is 0 Å². The molecule has 0 aromatic heterocycles. The molecule has 0 bridgehead atoms. The number of carbonyl (C=O) groups excluding carboxylic acids is 2. The first-order valence-electron chi connectivity index (χ1n) is 31.8. The predicted octanol–water partition coefficient (Wildman–Crippen LogP) is 20.0. The topological polar surface area (TPSA) is 95.9 Å². The lowest BCUT2D eigenvalue weighted by Crippen LogP contribution is -2.45. The van der Waals surface area contributed by atoms with Crippen LogP contribution in [-0.4, -0.2) is 47.4 Å². The van der Waals surface area contributed by atoms with E-state index in [9.17, 15) is 19.8 Å². The zero-order valence-electron chi connectivity index (χ0n) is 47.7. The van der Waals surface area contributed by atoms with Crippen molar-refractivity contribution in [2.24, 2.45) is 0 Å². The van der Waals surface area contributed by atoms with E-state index >= 15 is 0 Å². The van der Waals surface area contributed by atoms with Gasteiger partial charge in [0.05, 0.1) is 25.4 Å². The average molecular weight is 999 g/mol. The molecule has 0 saturated carbocycles. The molecule has 6 nitrogen and oxygen atoms in total. The van der Waals surface area contributed by atoms with Crippen molar-refractivity contribution in [3.8, 4) is 0 Å². The summed E-state index contributed by atoms with van der Waals surface area (Å²) in [6.45, 7) is 4.90. The third-order valence-corrected chi connectivity index (χ3v) is 14.6. The average Bonchev–Trinajstić information content (AvgIpc) is 3.37. The molecule has 418 valence electrons. The van der Waals surface area contributed by atoms with Gasteiger partial charge in [-0.05, 0) is 83.5 Å². The van der Waals surface area contributed by atoms with Crippen LogP contribution >= 0.6 is 0 Å². The van der Waals surface area contributed by atoms with E-state index in [1.54, 1.807) is 6.08 Å². The number of carbonyl (C=O) groups is 2. The van der Waals surface area contributed by atoms with Crippen LogP contribution in [-0.2, 0) is 14.3 Å². The van der Waals surface area contributed by atoms with Gasteiger partial charge in [-0.15, -0.1) is 0 Å². The van der Waals surface area contributed by atoms with Crippen LogP contribution < -0.4 is 5.32 Å². The first-order valence-corrected chi connectivity index (χ1v) is 31.8. The number of rotatable bonds is 59. The van der Waals surface area contributed by atoms with Gasteiger partial charge in [0, 0.05) is 12.8 Å². The Kier molecular flexibility index (Phi) is 59.0. The van der Waals surface area contributed by atoms with Crippen molar-refractivity contribution in [2.45, 2.75) is 353 Å². The quantitative estimate of drug-likeness (QED) is 0.0321. The van der Waals surface area contributed by atoms with Gasteiger partial charge in [0.15, 0.2) is 0 Å². The fourth-order valence-corrected chi connectivity index (χ4v) is 9.74. The number of nitrogens with one attached hydrogen (secondary N) is 1. The molecule has 0 spiro atoms. The minimum Gasteiger partial charge on any atom is -0.466 e. The van der Waals surface area contributed by atoms with Crippen molar-refractivity contribution in [1.29, 1.82) is 0 Å². The number of ether oxygens (including phenoxy) is 1. The van der Waals surface area contributed by atoms with Gasteiger partial charge in [-0.1, -0.05) is 281 Å². The van der Waals surface area contributed by atoms with Crippen molar-refractivity contribution < 1.29 is 24.5 Å². The molecule has 71 heavy (non-hydrogen) atoms.